The maximum absolute atomic E-state index is 11.8. The zero-order valence-corrected chi connectivity index (χ0v) is 13.8. The number of nitrogens with one attached hydrogen (secondary N) is 3. The third kappa shape index (κ3) is 7.28. The Balaban J connectivity index is 2.24. The molecule has 22 heavy (non-hydrogen) atoms. The van der Waals surface area contributed by atoms with Crippen LogP contribution < -0.4 is 16.2 Å². The minimum atomic E-state index is -0.496. The molecule has 1 fully saturated rings. The molecule has 0 heterocycles. The highest BCUT2D eigenvalue weighted by Crippen LogP contribution is 2.28. The van der Waals surface area contributed by atoms with Crippen LogP contribution in [0.1, 0.15) is 53.4 Å². The summed E-state index contributed by atoms with van der Waals surface area (Å²) < 4.78 is 5.19. The summed E-state index contributed by atoms with van der Waals surface area (Å²) in [6.45, 7) is 7.39. The Morgan fingerprint density at radius 2 is 1.64 bits per heavy atom. The lowest BCUT2D eigenvalue weighted by Gasteiger charge is -2.28. The molecule has 126 valence electrons. The average molecular weight is 313 g/mol. The molecule has 0 aromatic heterocycles. The predicted octanol–water partition coefficient (Wildman–Crippen LogP) is 1.48. The fourth-order valence-corrected chi connectivity index (χ4v) is 2.42. The predicted molar refractivity (Wildman–Crippen MR) is 81.6 cm³/mol. The lowest BCUT2D eigenvalue weighted by atomic mass is 9.81. The van der Waals surface area contributed by atoms with Crippen LogP contribution in [0.2, 0.25) is 0 Å². The Hall–Kier alpha value is -1.79. The molecule has 0 unspecified atom stereocenters. The van der Waals surface area contributed by atoms with Gasteiger partial charge in [-0.3, -0.25) is 20.4 Å². The molecule has 0 aromatic carbocycles. The van der Waals surface area contributed by atoms with Crippen LogP contribution in [-0.4, -0.2) is 30.1 Å². The largest absolute Gasteiger partial charge is 0.444 e. The molecule has 0 atom stereocenters. The van der Waals surface area contributed by atoms with E-state index in [9.17, 15) is 14.4 Å². The SMILES string of the molecule is CC(=O)NNC(=O)[C@H]1CC[C@H](CNC(=O)OC(C)(C)C)CC1. The van der Waals surface area contributed by atoms with E-state index in [4.69, 9.17) is 4.74 Å². The molecule has 1 aliphatic carbocycles. The maximum Gasteiger partial charge on any atom is 0.407 e. The number of hydrogen-bond acceptors (Lipinski definition) is 4. The Kier molecular flexibility index (Phi) is 6.64. The molecule has 0 radical (unpaired) electrons. The number of alkyl carbamates (subject to hydrolysis) is 1. The molecule has 3 N–H and O–H groups in total. The number of hydrogen-bond donors (Lipinski definition) is 3. The third-order valence-electron chi connectivity index (χ3n) is 3.51. The van der Waals surface area contributed by atoms with Gasteiger partial charge in [-0.25, -0.2) is 4.79 Å². The van der Waals surface area contributed by atoms with Crippen LogP contribution in [0.25, 0.3) is 0 Å². The molecule has 0 spiro atoms. The standard InChI is InChI=1S/C15H27N3O4/c1-10(19)17-18-13(20)12-7-5-11(6-8-12)9-16-14(21)22-15(2,3)4/h11-12H,5-9H2,1-4H3,(H,16,21)(H,17,19)(H,18,20)/t11-,12-. The van der Waals surface area contributed by atoms with Gasteiger partial charge in [-0.15, -0.1) is 0 Å². The molecule has 1 saturated carbocycles. The molecule has 7 heteroatoms. The van der Waals surface area contributed by atoms with Crippen molar-refractivity contribution in [1.29, 1.82) is 0 Å². The molecule has 3 amide bonds. The van der Waals surface area contributed by atoms with E-state index < -0.39 is 11.7 Å². The van der Waals surface area contributed by atoms with Crippen LogP contribution in [0.4, 0.5) is 4.79 Å². The number of amides is 3. The van der Waals surface area contributed by atoms with Gasteiger partial charge >= 0.3 is 6.09 Å². The van der Waals surface area contributed by atoms with Crippen molar-refractivity contribution in [3.63, 3.8) is 0 Å². The minimum absolute atomic E-state index is 0.0790. The van der Waals surface area contributed by atoms with Crippen LogP contribution in [0, 0.1) is 11.8 Å². The van der Waals surface area contributed by atoms with Gasteiger partial charge in [0.2, 0.25) is 11.8 Å². The third-order valence-corrected chi connectivity index (χ3v) is 3.51. The molecule has 1 rings (SSSR count). The summed E-state index contributed by atoms with van der Waals surface area (Å²) in [5.74, 6) is -0.153. The van der Waals surface area contributed by atoms with E-state index >= 15 is 0 Å². The number of carbonyl (C=O) groups is 3. The van der Waals surface area contributed by atoms with E-state index in [-0.39, 0.29) is 17.7 Å². The maximum atomic E-state index is 11.8. The first-order valence-electron chi connectivity index (χ1n) is 7.70. The van der Waals surface area contributed by atoms with Gasteiger partial charge in [-0.05, 0) is 52.4 Å². The first kappa shape index (κ1) is 18.3. The smallest absolute Gasteiger partial charge is 0.407 e. The van der Waals surface area contributed by atoms with Crippen LogP contribution >= 0.6 is 0 Å². The second kappa shape index (κ2) is 8.00. The number of rotatable bonds is 3. The van der Waals surface area contributed by atoms with Crippen molar-refractivity contribution in [1.82, 2.24) is 16.2 Å². The molecule has 7 nitrogen and oxygen atoms in total. The quantitative estimate of drug-likeness (QED) is 0.688. The fraction of sp³-hybridized carbons (Fsp3) is 0.800. The lowest BCUT2D eigenvalue weighted by Crippen LogP contribution is -2.44. The molecule has 0 saturated heterocycles. The van der Waals surface area contributed by atoms with E-state index in [1.54, 1.807) is 0 Å². The normalized spacial score (nSPS) is 21.6. The van der Waals surface area contributed by atoms with Crippen LogP contribution in [-0.2, 0) is 14.3 Å². The van der Waals surface area contributed by atoms with Crippen molar-refractivity contribution in [2.45, 2.75) is 59.0 Å². The van der Waals surface area contributed by atoms with Gasteiger partial charge in [0.25, 0.3) is 0 Å². The van der Waals surface area contributed by atoms with Gasteiger partial charge in [-0.1, -0.05) is 0 Å². The first-order chi connectivity index (χ1) is 10.2. The van der Waals surface area contributed by atoms with Crippen LogP contribution in [0.3, 0.4) is 0 Å². The van der Waals surface area contributed by atoms with Gasteiger partial charge < -0.3 is 10.1 Å². The molecule has 0 bridgehead atoms. The molecular weight excluding hydrogens is 286 g/mol. The lowest BCUT2D eigenvalue weighted by molar-refractivity contribution is -0.131. The van der Waals surface area contributed by atoms with Gasteiger partial charge in [0.15, 0.2) is 0 Å². The van der Waals surface area contributed by atoms with Crippen molar-refractivity contribution in [2.75, 3.05) is 6.54 Å². The highest BCUT2D eigenvalue weighted by Gasteiger charge is 2.27. The fourth-order valence-electron chi connectivity index (χ4n) is 2.42. The summed E-state index contributed by atoms with van der Waals surface area (Å²) in [6.07, 6.45) is 2.85. The minimum Gasteiger partial charge on any atom is -0.444 e. The van der Waals surface area contributed by atoms with Crippen LogP contribution in [0.5, 0.6) is 0 Å². The van der Waals surface area contributed by atoms with Gasteiger partial charge in [-0.2, -0.15) is 0 Å². The molecule has 0 aliphatic heterocycles. The molecule has 1 aliphatic rings. The number of carbonyl (C=O) groups excluding carboxylic acids is 3. The van der Waals surface area contributed by atoms with E-state index in [0.717, 1.165) is 25.7 Å². The van der Waals surface area contributed by atoms with E-state index in [1.807, 2.05) is 20.8 Å². The number of ether oxygens (including phenoxy) is 1. The van der Waals surface area contributed by atoms with Gasteiger partial charge in [0.1, 0.15) is 5.60 Å². The summed E-state index contributed by atoms with van der Waals surface area (Å²) in [4.78, 5) is 34.2. The van der Waals surface area contributed by atoms with Crippen molar-refractivity contribution in [2.24, 2.45) is 11.8 Å². The monoisotopic (exact) mass is 313 g/mol. The summed E-state index contributed by atoms with van der Waals surface area (Å²) in [6, 6.07) is 0. The Morgan fingerprint density at radius 3 is 2.14 bits per heavy atom. The summed E-state index contributed by atoms with van der Waals surface area (Å²) in [5, 5.41) is 2.77. The van der Waals surface area contributed by atoms with Gasteiger partial charge in [0, 0.05) is 19.4 Å². The highest BCUT2D eigenvalue weighted by molar-refractivity contribution is 5.82. The Labute approximate surface area is 131 Å². The van der Waals surface area contributed by atoms with Crippen molar-refractivity contribution >= 4 is 17.9 Å². The Morgan fingerprint density at radius 1 is 1.05 bits per heavy atom. The zero-order chi connectivity index (χ0) is 16.8. The average Bonchev–Trinajstić information content (AvgIpc) is 2.41. The van der Waals surface area contributed by atoms with Crippen molar-refractivity contribution in [3.8, 4) is 0 Å². The zero-order valence-electron chi connectivity index (χ0n) is 13.8. The van der Waals surface area contributed by atoms with Gasteiger partial charge in [0.05, 0.1) is 0 Å². The summed E-state index contributed by atoms with van der Waals surface area (Å²) in [5.41, 5.74) is 4.22. The summed E-state index contributed by atoms with van der Waals surface area (Å²) >= 11 is 0. The second-order valence-corrected chi connectivity index (χ2v) is 6.77. The first-order valence-corrected chi connectivity index (χ1v) is 7.70. The van der Waals surface area contributed by atoms with Crippen LogP contribution in [0.15, 0.2) is 0 Å². The van der Waals surface area contributed by atoms with Crippen molar-refractivity contribution in [3.05, 3.63) is 0 Å². The van der Waals surface area contributed by atoms with E-state index in [0.29, 0.717) is 12.5 Å². The van der Waals surface area contributed by atoms with E-state index in [2.05, 4.69) is 16.2 Å². The molecular formula is C15H27N3O4. The number of hydrazine groups is 1. The topological polar surface area (TPSA) is 96.5 Å². The van der Waals surface area contributed by atoms with E-state index in [1.165, 1.54) is 6.92 Å². The molecule has 0 aromatic rings. The Bertz CT molecular complexity index is 410. The van der Waals surface area contributed by atoms with Crippen molar-refractivity contribution < 1.29 is 19.1 Å². The summed E-state index contributed by atoms with van der Waals surface area (Å²) in [7, 11) is 0. The highest BCUT2D eigenvalue weighted by atomic mass is 16.6. The second-order valence-electron chi connectivity index (χ2n) is 6.77.